The summed E-state index contributed by atoms with van der Waals surface area (Å²) in [7, 11) is 0. The van der Waals surface area contributed by atoms with Gasteiger partial charge >= 0.3 is 5.97 Å². The third kappa shape index (κ3) is 3.54. The first-order valence-electron chi connectivity index (χ1n) is 6.83. The molecule has 1 aromatic rings. The van der Waals surface area contributed by atoms with Crippen LogP contribution in [0.2, 0.25) is 5.02 Å². The van der Waals surface area contributed by atoms with E-state index in [1.807, 2.05) is 19.9 Å². The van der Waals surface area contributed by atoms with Gasteiger partial charge in [0.1, 0.15) is 0 Å². The number of carboxylic acids is 1. The molecule has 1 fully saturated rings. The molecule has 0 saturated carbocycles. The second kappa shape index (κ2) is 6.45. The number of hydrogen-bond donors (Lipinski definition) is 1. The van der Waals surface area contributed by atoms with Crippen LogP contribution >= 0.6 is 11.6 Å². The molecule has 1 saturated heterocycles. The molecule has 0 spiro atoms. The van der Waals surface area contributed by atoms with Gasteiger partial charge in [-0.1, -0.05) is 31.5 Å². The van der Waals surface area contributed by atoms with Crippen molar-refractivity contribution in [2.75, 3.05) is 19.7 Å². The van der Waals surface area contributed by atoms with Crippen molar-refractivity contribution in [1.82, 2.24) is 4.90 Å². The number of rotatable bonds is 3. The third-order valence-electron chi connectivity index (χ3n) is 3.50. The van der Waals surface area contributed by atoms with E-state index in [4.69, 9.17) is 21.4 Å². The van der Waals surface area contributed by atoms with Gasteiger partial charge in [-0.15, -0.1) is 0 Å². The molecule has 1 aromatic carbocycles. The Labute approximate surface area is 128 Å². The Kier molecular flexibility index (Phi) is 4.85. The Morgan fingerprint density at radius 2 is 2.14 bits per heavy atom. The molecule has 1 aliphatic rings. The molecular formula is C15H18ClNO4. The van der Waals surface area contributed by atoms with Gasteiger partial charge in [0, 0.05) is 17.1 Å². The zero-order valence-corrected chi connectivity index (χ0v) is 12.8. The standard InChI is InChI=1S/C15H18ClNO4/c1-9(2)11-4-3-10(7-12(11)16)14(18)17-5-6-21-13(8-17)15(19)20/h3-4,7,9,13H,5-6,8H2,1-2H3,(H,19,20). The Morgan fingerprint density at radius 3 is 2.71 bits per heavy atom. The maximum atomic E-state index is 12.4. The van der Waals surface area contributed by atoms with E-state index in [9.17, 15) is 9.59 Å². The molecule has 2 rings (SSSR count). The van der Waals surface area contributed by atoms with Crippen molar-refractivity contribution in [3.63, 3.8) is 0 Å². The second-order valence-corrected chi connectivity index (χ2v) is 5.75. The summed E-state index contributed by atoms with van der Waals surface area (Å²) in [5.74, 6) is -0.996. The van der Waals surface area contributed by atoms with Gasteiger partial charge in [-0.3, -0.25) is 4.79 Å². The molecule has 1 N–H and O–H groups in total. The van der Waals surface area contributed by atoms with E-state index in [0.29, 0.717) is 17.1 Å². The first kappa shape index (κ1) is 15.8. The molecule has 1 atom stereocenters. The van der Waals surface area contributed by atoms with Gasteiger partial charge in [0.25, 0.3) is 5.91 Å². The van der Waals surface area contributed by atoms with Crippen LogP contribution in [-0.4, -0.2) is 47.7 Å². The Hall–Kier alpha value is -1.59. The SMILES string of the molecule is CC(C)c1ccc(C(=O)N2CCOC(C(=O)O)C2)cc1Cl. The number of aliphatic carboxylic acids is 1. The molecule has 6 heteroatoms. The normalized spacial score (nSPS) is 18.9. The Bertz CT molecular complexity index is 559. The molecule has 0 aliphatic carbocycles. The molecule has 5 nitrogen and oxygen atoms in total. The van der Waals surface area contributed by atoms with Crippen LogP contribution in [0.4, 0.5) is 0 Å². The number of carbonyl (C=O) groups is 2. The number of halogens is 1. The molecule has 1 aliphatic heterocycles. The molecule has 0 radical (unpaired) electrons. The van der Waals surface area contributed by atoms with Crippen molar-refractivity contribution in [2.24, 2.45) is 0 Å². The monoisotopic (exact) mass is 311 g/mol. The van der Waals surface area contributed by atoms with E-state index < -0.39 is 12.1 Å². The lowest BCUT2D eigenvalue weighted by Gasteiger charge is -2.31. The van der Waals surface area contributed by atoms with Crippen molar-refractivity contribution in [1.29, 1.82) is 0 Å². The fraction of sp³-hybridized carbons (Fsp3) is 0.467. The lowest BCUT2D eigenvalue weighted by atomic mass is 10.0. The van der Waals surface area contributed by atoms with Crippen molar-refractivity contribution in [2.45, 2.75) is 25.9 Å². The molecule has 1 heterocycles. The van der Waals surface area contributed by atoms with Crippen molar-refractivity contribution >= 4 is 23.5 Å². The summed E-state index contributed by atoms with van der Waals surface area (Å²) < 4.78 is 5.11. The minimum atomic E-state index is -1.05. The number of benzene rings is 1. The Balaban J connectivity index is 2.16. The fourth-order valence-electron chi connectivity index (χ4n) is 2.29. The number of amides is 1. The molecule has 21 heavy (non-hydrogen) atoms. The minimum absolute atomic E-state index is 0.0533. The van der Waals surface area contributed by atoms with Crippen molar-refractivity contribution in [3.8, 4) is 0 Å². The highest BCUT2D eigenvalue weighted by molar-refractivity contribution is 6.31. The number of hydrogen-bond acceptors (Lipinski definition) is 3. The lowest BCUT2D eigenvalue weighted by Crippen LogP contribution is -2.48. The van der Waals surface area contributed by atoms with Gasteiger partial charge < -0.3 is 14.7 Å². The summed E-state index contributed by atoms with van der Waals surface area (Å²) >= 11 is 6.20. The highest BCUT2D eigenvalue weighted by Gasteiger charge is 2.29. The lowest BCUT2D eigenvalue weighted by molar-refractivity contribution is -0.154. The van der Waals surface area contributed by atoms with E-state index in [-0.39, 0.29) is 25.0 Å². The van der Waals surface area contributed by atoms with Crippen LogP contribution in [0.25, 0.3) is 0 Å². The van der Waals surface area contributed by atoms with Crippen LogP contribution in [-0.2, 0) is 9.53 Å². The van der Waals surface area contributed by atoms with Gasteiger partial charge in [-0.2, -0.15) is 0 Å². The summed E-state index contributed by atoms with van der Waals surface area (Å²) in [5, 5.41) is 9.52. The zero-order valence-electron chi connectivity index (χ0n) is 12.0. The van der Waals surface area contributed by atoms with E-state index in [0.717, 1.165) is 5.56 Å². The summed E-state index contributed by atoms with van der Waals surface area (Å²) in [4.78, 5) is 24.9. The van der Waals surface area contributed by atoms with Crippen LogP contribution in [0.3, 0.4) is 0 Å². The van der Waals surface area contributed by atoms with Crippen molar-refractivity contribution < 1.29 is 19.4 Å². The predicted octanol–water partition coefficient (Wildman–Crippen LogP) is 2.39. The fourth-order valence-corrected chi connectivity index (χ4v) is 2.69. The van der Waals surface area contributed by atoms with Gasteiger partial charge in [0.2, 0.25) is 0 Å². The summed E-state index contributed by atoms with van der Waals surface area (Å²) in [6.45, 7) is 4.72. The maximum absolute atomic E-state index is 12.4. The molecule has 1 amide bonds. The van der Waals surface area contributed by atoms with Gasteiger partial charge in [0.15, 0.2) is 6.10 Å². The largest absolute Gasteiger partial charge is 0.479 e. The van der Waals surface area contributed by atoms with E-state index in [1.54, 1.807) is 12.1 Å². The molecule has 0 aromatic heterocycles. The van der Waals surface area contributed by atoms with E-state index in [1.165, 1.54) is 4.90 Å². The van der Waals surface area contributed by atoms with E-state index in [2.05, 4.69) is 0 Å². The summed E-state index contributed by atoms with van der Waals surface area (Å²) in [6, 6.07) is 5.22. The van der Waals surface area contributed by atoms with Crippen LogP contribution in [0.1, 0.15) is 35.7 Å². The number of nitrogens with zero attached hydrogens (tertiary/aromatic N) is 1. The summed E-state index contributed by atoms with van der Waals surface area (Å²) in [5.41, 5.74) is 1.45. The average molecular weight is 312 g/mol. The topological polar surface area (TPSA) is 66.8 Å². The highest BCUT2D eigenvalue weighted by atomic mass is 35.5. The smallest absolute Gasteiger partial charge is 0.334 e. The van der Waals surface area contributed by atoms with Gasteiger partial charge in [-0.05, 0) is 23.6 Å². The molecule has 114 valence electrons. The third-order valence-corrected chi connectivity index (χ3v) is 3.83. The van der Waals surface area contributed by atoms with Crippen molar-refractivity contribution in [3.05, 3.63) is 34.3 Å². The van der Waals surface area contributed by atoms with Gasteiger partial charge in [0.05, 0.1) is 13.2 Å². The highest BCUT2D eigenvalue weighted by Crippen LogP contribution is 2.26. The number of ether oxygens (including phenoxy) is 1. The van der Waals surface area contributed by atoms with Crippen LogP contribution in [0.5, 0.6) is 0 Å². The molecule has 1 unspecified atom stereocenters. The first-order chi connectivity index (χ1) is 9.90. The number of carboxylic acid groups (broad SMARTS) is 1. The first-order valence-corrected chi connectivity index (χ1v) is 7.21. The van der Waals surface area contributed by atoms with E-state index >= 15 is 0 Å². The van der Waals surface area contributed by atoms with Crippen LogP contribution in [0, 0.1) is 0 Å². The Morgan fingerprint density at radius 1 is 1.43 bits per heavy atom. The second-order valence-electron chi connectivity index (χ2n) is 5.34. The predicted molar refractivity (Wildman–Crippen MR) is 78.8 cm³/mol. The molecule has 0 bridgehead atoms. The summed E-state index contributed by atoms with van der Waals surface area (Å²) in [6.07, 6.45) is -0.965. The number of carbonyl (C=O) groups excluding carboxylic acids is 1. The maximum Gasteiger partial charge on any atom is 0.334 e. The van der Waals surface area contributed by atoms with Gasteiger partial charge in [-0.25, -0.2) is 4.79 Å². The molecular weight excluding hydrogens is 294 g/mol. The zero-order chi connectivity index (χ0) is 15.6. The van der Waals surface area contributed by atoms with Crippen LogP contribution < -0.4 is 0 Å². The number of morpholine rings is 1. The average Bonchev–Trinajstić information content (AvgIpc) is 2.46. The van der Waals surface area contributed by atoms with Crippen LogP contribution in [0.15, 0.2) is 18.2 Å². The quantitative estimate of drug-likeness (QED) is 0.930. The minimum Gasteiger partial charge on any atom is -0.479 e.